The molecule has 0 aliphatic carbocycles. The number of hydrogen-bond acceptors (Lipinski definition) is 2. The van der Waals surface area contributed by atoms with E-state index in [1.807, 2.05) is 18.2 Å². The molecule has 0 aromatic heterocycles. The molecule has 1 aliphatic heterocycles. The van der Waals surface area contributed by atoms with Gasteiger partial charge >= 0.3 is 0 Å². The monoisotopic (exact) mass is 428 g/mol. The van der Waals surface area contributed by atoms with Gasteiger partial charge < -0.3 is 9.47 Å². The van der Waals surface area contributed by atoms with Crippen molar-refractivity contribution >= 4 is 10.8 Å². The Bertz CT molecular complexity index is 1110. The van der Waals surface area contributed by atoms with E-state index >= 15 is 0 Å². The summed E-state index contributed by atoms with van der Waals surface area (Å²) in [5.41, 5.74) is 3.15. The topological polar surface area (TPSA) is 18.5 Å². The zero-order chi connectivity index (χ0) is 22.2. The van der Waals surface area contributed by atoms with Gasteiger partial charge in [-0.15, -0.1) is 0 Å². The second kappa shape index (κ2) is 11.1. The smallest absolute Gasteiger partial charge is 0.157 e. The lowest BCUT2D eigenvalue weighted by Crippen LogP contribution is -2.32. The first-order chi connectivity index (χ1) is 15.7. The molecule has 0 N–H and O–H groups in total. The van der Waals surface area contributed by atoms with Crippen LogP contribution in [0.4, 0.5) is 4.39 Å². The number of hydrogen-bond donors (Lipinski definition) is 0. The predicted molar refractivity (Wildman–Crippen MR) is 128 cm³/mol. The van der Waals surface area contributed by atoms with E-state index in [1.165, 1.54) is 17.7 Å². The number of fused-ring (bicyclic) bond motifs is 1. The minimum Gasteiger partial charge on any atom is -0.352 e. The number of rotatable bonds is 6. The van der Waals surface area contributed by atoms with Gasteiger partial charge in [0.05, 0.1) is 13.2 Å². The molecule has 0 bridgehead atoms. The number of aryl methyl sites for hydroxylation is 1. The molecule has 1 saturated heterocycles. The van der Waals surface area contributed by atoms with Crippen molar-refractivity contribution in [2.75, 3.05) is 13.2 Å². The molecule has 1 aliphatic rings. The number of ether oxygens (including phenoxy) is 2. The minimum atomic E-state index is -0.220. The highest BCUT2D eigenvalue weighted by Gasteiger charge is 2.21. The quantitative estimate of drug-likeness (QED) is 0.323. The van der Waals surface area contributed by atoms with Crippen LogP contribution in [0.15, 0.2) is 72.8 Å². The van der Waals surface area contributed by atoms with Crippen molar-refractivity contribution in [1.29, 1.82) is 0 Å². The first-order valence-corrected chi connectivity index (χ1v) is 11.3. The van der Waals surface area contributed by atoms with Gasteiger partial charge in [0.25, 0.3) is 0 Å². The van der Waals surface area contributed by atoms with Crippen molar-refractivity contribution < 1.29 is 13.9 Å². The second-order valence-electron chi connectivity index (χ2n) is 8.30. The van der Waals surface area contributed by atoms with Crippen molar-refractivity contribution in [3.63, 3.8) is 0 Å². The largest absolute Gasteiger partial charge is 0.352 e. The summed E-state index contributed by atoms with van der Waals surface area (Å²) < 4.78 is 25.1. The average Bonchev–Trinajstić information content (AvgIpc) is 2.83. The first kappa shape index (κ1) is 22.3. The molecular formula is C29H29FO2. The second-order valence-corrected chi connectivity index (χ2v) is 8.30. The summed E-state index contributed by atoms with van der Waals surface area (Å²) in [7, 11) is 0. The molecule has 0 saturated carbocycles. The first-order valence-electron chi connectivity index (χ1n) is 11.3. The fraction of sp³-hybridized carbons (Fsp3) is 0.310. The zero-order valence-electron chi connectivity index (χ0n) is 18.5. The van der Waals surface area contributed by atoms with E-state index in [2.05, 4.69) is 55.2 Å². The van der Waals surface area contributed by atoms with Gasteiger partial charge in [-0.05, 0) is 78.9 Å². The summed E-state index contributed by atoms with van der Waals surface area (Å²) in [4.78, 5) is 0. The Morgan fingerprint density at radius 1 is 0.875 bits per heavy atom. The summed E-state index contributed by atoms with van der Waals surface area (Å²) in [6, 6.07) is 19.0. The van der Waals surface area contributed by atoms with E-state index in [1.54, 1.807) is 6.07 Å². The van der Waals surface area contributed by atoms with Crippen molar-refractivity contribution in [3.05, 3.63) is 95.3 Å². The van der Waals surface area contributed by atoms with Gasteiger partial charge in [0.2, 0.25) is 0 Å². The summed E-state index contributed by atoms with van der Waals surface area (Å²) in [5, 5.41) is 1.87. The lowest BCUT2D eigenvalue weighted by molar-refractivity contribution is -0.203. The molecule has 1 heterocycles. The van der Waals surface area contributed by atoms with E-state index in [0.717, 1.165) is 60.8 Å². The van der Waals surface area contributed by atoms with Crippen LogP contribution in [-0.2, 0) is 15.9 Å². The van der Waals surface area contributed by atoms with Crippen LogP contribution in [0.2, 0.25) is 0 Å². The highest BCUT2D eigenvalue weighted by Crippen LogP contribution is 2.20. The van der Waals surface area contributed by atoms with Crippen LogP contribution in [0, 0.1) is 23.6 Å². The van der Waals surface area contributed by atoms with Gasteiger partial charge in [-0.25, -0.2) is 4.39 Å². The Morgan fingerprint density at radius 2 is 1.56 bits per heavy atom. The summed E-state index contributed by atoms with van der Waals surface area (Å²) in [5.74, 6) is 6.71. The maximum atomic E-state index is 13.3. The lowest BCUT2D eigenvalue weighted by Gasteiger charge is -2.29. The third-order valence-corrected chi connectivity index (χ3v) is 5.79. The normalized spacial score (nSPS) is 18.6. The third-order valence-electron chi connectivity index (χ3n) is 5.79. The van der Waals surface area contributed by atoms with Crippen LogP contribution in [0.1, 0.15) is 42.9 Å². The Kier molecular flexibility index (Phi) is 7.72. The van der Waals surface area contributed by atoms with Crippen molar-refractivity contribution in [1.82, 2.24) is 0 Å². The van der Waals surface area contributed by atoms with Crippen LogP contribution in [0.25, 0.3) is 10.8 Å². The standard InChI is InChI=1S/C29H29FO2/c1-2-3-4-5-25-20-31-29(32-21-25)17-13-23-8-6-22(7-9-23)10-11-24-12-14-27-19-28(30)16-15-26(27)18-24/h2-3,6-9,12,14-16,18-19,25,29H,4-5,13,17,20-21H2,1H3/b3-2+. The zero-order valence-corrected chi connectivity index (χ0v) is 18.5. The molecule has 4 rings (SSSR count). The van der Waals surface area contributed by atoms with Gasteiger partial charge in [-0.2, -0.15) is 0 Å². The number of benzene rings is 3. The molecule has 3 heteroatoms. The predicted octanol–water partition coefficient (Wildman–Crippen LogP) is 6.66. The molecule has 1 fully saturated rings. The lowest BCUT2D eigenvalue weighted by atomic mass is 10.0. The molecule has 0 amide bonds. The fourth-order valence-electron chi connectivity index (χ4n) is 3.89. The molecule has 3 aromatic rings. The van der Waals surface area contributed by atoms with Gasteiger partial charge in [0.15, 0.2) is 6.29 Å². The van der Waals surface area contributed by atoms with Crippen molar-refractivity contribution in [2.45, 2.75) is 38.9 Å². The SMILES string of the molecule is C/C=C/CCC1COC(CCc2ccc(C#Cc3ccc4cc(F)ccc4c3)cc2)OC1. The van der Waals surface area contributed by atoms with E-state index in [9.17, 15) is 4.39 Å². The highest BCUT2D eigenvalue weighted by molar-refractivity contribution is 5.83. The van der Waals surface area contributed by atoms with Crippen LogP contribution < -0.4 is 0 Å². The molecule has 2 nitrogen and oxygen atoms in total. The molecular weight excluding hydrogens is 399 g/mol. The third kappa shape index (κ3) is 6.29. The summed E-state index contributed by atoms with van der Waals surface area (Å²) in [6.45, 7) is 3.64. The summed E-state index contributed by atoms with van der Waals surface area (Å²) in [6.07, 6.45) is 8.19. The Morgan fingerprint density at radius 3 is 2.34 bits per heavy atom. The van der Waals surface area contributed by atoms with E-state index in [-0.39, 0.29) is 12.1 Å². The molecule has 32 heavy (non-hydrogen) atoms. The average molecular weight is 429 g/mol. The molecule has 0 unspecified atom stereocenters. The van der Waals surface area contributed by atoms with Gasteiger partial charge in [0, 0.05) is 23.5 Å². The number of allylic oxidation sites excluding steroid dienone is 2. The maximum Gasteiger partial charge on any atom is 0.157 e. The molecule has 164 valence electrons. The summed E-state index contributed by atoms with van der Waals surface area (Å²) >= 11 is 0. The Hall–Kier alpha value is -2.93. The van der Waals surface area contributed by atoms with Crippen LogP contribution in [-0.4, -0.2) is 19.5 Å². The van der Waals surface area contributed by atoms with E-state index in [4.69, 9.17) is 9.47 Å². The van der Waals surface area contributed by atoms with Crippen LogP contribution in [0.5, 0.6) is 0 Å². The fourth-order valence-corrected chi connectivity index (χ4v) is 3.89. The highest BCUT2D eigenvalue weighted by atomic mass is 19.1. The maximum absolute atomic E-state index is 13.3. The minimum absolute atomic E-state index is 0.103. The number of halogens is 1. The van der Waals surface area contributed by atoms with Gasteiger partial charge in [-0.1, -0.05) is 48.3 Å². The Labute approximate surface area is 190 Å². The van der Waals surface area contributed by atoms with Crippen molar-refractivity contribution in [3.8, 4) is 11.8 Å². The van der Waals surface area contributed by atoms with Gasteiger partial charge in [0.1, 0.15) is 5.82 Å². The van der Waals surface area contributed by atoms with Gasteiger partial charge in [-0.3, -0.25) is 0 Å². The molecule has 0 atom stereocenters. The molecule has 0 radical (unpaired) electrons. The van der Waals surface area contributed by atoms with Crippen LogP contribution >= 0.6 is 0 Å². The Balaban J connectivity index is 1.27. The van der Waals surface area contributed by atoms with E-state index in [0.29, 0.717) is 5.92 Å². The molecule has 3 aromatic carbocycles. The molecule has 0 spiro atoms. The van der Waals surface area contributed by atoms with Crippen LogP contribution in [0.3, 0.4) is 0 Å². The van der Waals surface area contributed by atoms with E-state index < -0.39 is 0 Å². The van der Waals surface area contributed by atoms with Crippen molar-refractivity contribution in [2.24, 2.45) is 5.92 Å².